The molecule has 3 aromatic rings. The minimum atomic E-state index is 0.709. The van der Waals surface area contributed by atoms with Crippen molar-refractivity contribution in [3.63, 3.8) is 0 Å². The summed E-state index contributed by atoms with van der Waals surface area (Å²) in [5.41, 5.74) is 4.07. The molecule has 28 heavy (non-hydrogen) atoms. The highest BCUT2D eigenvalue weighted by Gasteiger charge is 1.99. The molecule has 0 N–H and O–H groups in total. The molecule has 148 valence electrons. The first kappa shape index (κ1) is 23.4. The van der Waals surface area contributed by atoms with E-state index in [2.05, 4.69) is 94.9 Å². The van der Waals surface area contributed by atoms with Crippen molar-refractivity contribution >= 4 is 6.08 Å². The Morgan fingerprint density at radius 1 is 0.607 bits per heavy atom. The average molecular weight is 373 g/mol. The Balaban J connectivity index is 0.000000212. The van der Waals surface area contributed by atoms with Crippen LogP contribution in [0.1, 0.15) is 69.1 Å². The van der Waals surface area contributed by atoms with Crippen LogP contribution in [0.4, 0.5) is 0 Å². The minimum Gasteiger partial charge on any atom is -0.0985 e. The van der Waals surface area contributed by atoms with Gasteiger partial charge in [-0.25, -0.2) is 0 Å². The Hall–Kier alpha value is -2.60. The van der Waals surface area contributed by atoms with Gasteiger partial charge >= 0.3 is 0 Å². The van der Waals surface area contributed by atoms with Crippen molar-refractivity contribution in [3.8, 4) is 0 Å². The summed E-state index contributed by atoms with van der Waals surface area (Å²) in [4.78, 5) is 0. The number of hydrogen-bond donors (Lipinski definition) is 0. The maximum absolute atomic E-state index is 3.63. The van der Waals surface area contributed by atoms with E-state index in [9.17, 15) is 0 Å². The highest BCUT2D eigenvalue weighted by Crippen LogP contribution is 2.17. The van der Waals surface area contributed by atoms with Gasteiger partial charge < -0.3 is 0 Å². The van der Waals surface area contributed by atoms with E-state index in [0.29, 0.717) is 11.8 Å². The van der Waals surface area contributed by atoms with E-state index in [1.165, 1.54) is 29.5 Å². The highest BCUT2D eigenvalue weighted by molar-refractivity contribution is 5.45. The molecule has 3 aromatic carbocycles. The number of rotatable bonds is 5. The molecule has 0 aliphatic heterocycles. The molecule has 0 bridgehead atoms. The second kappa shape index (κ2) is 14.5. The van der Waals surface area contributed by atoms with Gasteiger partial charge in [0.05, 0.1) is 0 Å². The SMILES string of the molecule is C=Cc1ccccc1.CCC(C)c1ccccc1.CCC(C)c1ccccc1. The normalized spacial score (nSPS) is 11.7. The van der Waals surface area contributed by atoms with Gasteiger partial charge in [-0.15, -0.1) is 0 Å². The molecule has 0 spiro atoms. The van der Waals surface area contributed by atoms with Crippen molar-refractivity contribution in [3.05, 3.63) is 114 Å². The van der Waals surface area contributed by atoms with E-state index >= 15 is 0 Å². The molecule has 0 heterocycles. The van der Waals surface area contributed by atoms with Crippen molar-refractivity contribution in [2.75, 3.05) is 0 Å². The van der Waals surface area contributed by atoms with E-state index in [4.69, 9.17) is 0 Å². The lowest BCUT2D eigenvalue weighted by Crippen LogP contribution is -1.88. The van der Waals surface area contributed by atoms with Crippen LogP contribution in [0.15, 0.2) is 97.6 Å². The summed E-state index contributed by atoms with van der Waals surface area (Å²) in [5.74, 6) is 1.42. The molecule has 0 aliphatic carbocycles. The van der Waals surface area contributed by atoms with Gasteiger partial charge in [-0.1, -0.05) is 131 Å². The highest BCUT2D eigenvalue weighted by atomic mass is 14.0. The van der Waals surface area contributed by atoms with Crippen LogP contribution in [-0.2, 0) is 0 Å². The van der Waals surface area contributed by atoms with E-state index in [1.54, 1.807) is 0 Å². The summed E-state index contributed by atoms with van der Waals surface area (Å²) in [5, 5.41) is 0. The summed E-state index contributed by atoms with van der Waals surface area (Å²) in [6.07, 6.45) is 4.29. The second-order valence-corrected chi connectivity index (χ2v) is 7.05. The Morgan fingerprint density at radius 3 is 1.18 bits per heavy atom. The standard InChI is InChI=1S/2C10H14.C8H8/c2*1-3-9(2)10-7-5-4-6-8-10;1-2-8-6-4-3-5-7-8/h2*4-9H,3H2,1-2H3;2-7H,1H2. The van der Waals surface area contributed by atoms with Crippen LogP contribution >= 0.6 is 0 Å². The zero-order chi connectivity index (χ0) is 20.6. The quantitative estimate of drug-likeness (QED) is 0.420. The molecule has 2 unspecified atom stereocenters. The van der Waals surface area contributed by atoms with Crippen molar-refractivity contribution in [2.24, 2.45) is 0 Å². The van der Waals surface area contributed by atoms with Gasteiger partial charge in [0.1, 0.15) is 0 Å². The van der Waals surface area contributed by atoms with Gasteiger partial charge in [0.15, 0.2) is 0 Å². The topological polar surface area (TPSA) is 0 Å². The Bertz CT molecular complexity index is 683. The third kappa shape index (κ3) is 9.37. The summed E-state index contributed by atoms with van der Waals surface area (Å²) in [6, 6.07) is 31.3. The average Bonchev–Trinajstić information content (AvgIpc) is 2.80. The second-order valence-electron chi connectivity index (χ2n) is 7.05. The fourth-order valence-electron chi connectivity index (χ4n) is 2.62. The van der Waals surface area contributed by atoms with Crippen LogP contribution in [0.3, 0.4) is 0 Å². The van der Waals surface area contributed by atoms with Gasteiger partial charge in [-0.3, -0.25) is 0 Å². The molecule has 3 rings (SSSR count). The Morgan fingerprint density at radius 2 is 0.929 bits per heavy atom. The van der Waals surface area contributed by atoms with Crippen molar-refractivity contribution in [1.29, 1.82) is 0 Å². The van der Waals surface area contributed by atoms with Gasteiger partial charge in [-0.05, 0) is 41.4 Å². The molecule has 0 amide bonds. The molecule has 0 aromatic heterocycles. The lowest BCUT2D eigenvalue weighted by atomic mass is 9.99. The van der Waals surface area contributed by atoms with Crippen molar-refractivity contribution in [1.82, 2.24) is 0 Å². The van der Waals surface area contributed by atoms with Crippen LogP contribution in [0.2, 0.25) is 0 Å². The first-order valence-corrected chi connectivity index (χ1v) is 10.4. The van der Waals surface area contributed by atoms with Gasteiger partial charge in [0.25, 0.3) is 0 Å². The lowest BCUT2D eigenvalue weighted by molar-refractivity contribution is 0.733. The fraction of sp³-hybridized carbons (Fsp3) is 0.286. The molecule has 0 aliphatic rings. The minimum absolute atomic E-state index is 0.709. The third-order valence-corrected chi connectivity index (χ3v) is 5.00. The van der Waals surface area contributed by atoms with E-state index in [1.807, 2.05) is 36.4 Å². The first-order chi connectivity index (χ1) is 13.6. The maximum Gasteiger partial charge on any atom is -0.0193 e. The van der Waals surface area contributed by atoms with E-state index < -0.39 is 0 Å². The molecule has 0 saturated heterocycles. The summed E-state index contributed by atoms with van der Waals surface area (Å²) in [7, 11) is 0. The number of hydrogen-bond acceptors (Lipinski definition) is 0. The van der Waals surface area contributed by atoms with Crippen LogP contribution in [-0.4, -0.2) is 0 Å². The zero-order valence-corrected chi connectivity index (χ0v) is 18.0. The maximum atomic E-state index is 3.63. The summed E-state index contributed by atoms with van der Waals surface area (Å²) < 4.78 is 0. The van der Waals surface area contributed by atoms with Gasteiger partial charge in [0.2, 0.25) is 0 Å². The van der Waals surface area contributed by atoms with Crippen LogP contribution < -0.4 is 0 Å². The van der Waals surface area contributed by atoms with Crippen molar-refractivity contribution < 1.29 is 0 Å². The fourth-order valence-corrected chi connectivity index (χ4v) is 2.62. The smallest absolute Gasteiger partial charge is 0.0193 e. The monoisotopic (exact) mass is 372 g/mol. The molecule has 0 radical (unpaired) electrons. The molecular formula is C28H36. The summed E-state index contributed by atoms with van der Waals surface area (Å²) in [6.45, 7) is 12.6. The molecule has 0 nitrogen and oxygen atoms in total. The molecule has 0 fully saturated rings. The van der Waals surface area contributed by atoms with Crippen LogP contribution in [0, 0.1) is 0 Å². The lowest BCUT2D eigenvalue weighted by Gasteiger charge is -2.06. The van der Waals surface area contributed by atoms with Gasteiger partial charge in [0, 0.05) is 0 Å². The zero-order valence-electron chi connectivity index (χ0n) is 18.0. The van der Waals surface area contributed by atoms with Crippen LogP contribution in [0.5, 0.6) is 0 Å². The summed E-state index contributed by atoms with van der Waals surface area (Å²) >= 11 is 0. The molecule has 0 heteroatoms. The van der Waals surface area contributed by atoms with Gasteiger partial charge in [-0.2, -0.15) is 0 Å². The van der Waals surface area contributed by atoms with E-state index in [0.717, 1.165) is 0 Å². The Kier molecular flexibility index (Phi) is 12.1. The third-order valence-electron chi connectivity index (χ3n) is 5.00. The molecular weight excluding hydrogens is 336 g/mol. The Labute approximate surface area is 173 Å². The van der Waals surface area contributed by atoms with Crippen LogP contribution in [0.25, 0.3) is 6.08 Å². The molecule has 0 saturated carbocycles. The first-order valence-electron chi connectivity index (χ1n) is 10.4. The predicted molar refractivity (Wildman–Crippen MR) is 127 cm³/mol. The predicted octanol–water partition coefficient (Wildman–Crippen LogP) is 8.73. The largest absolute Gasteiger partial charge is 0.0985 e. The molecule has 2 atom stereocenters. The van der Waals surface area contributed by atoms with E-state index in [-0.39, 0.29) is 0 Å². The number of benzene rings is 3. The van der Waals surface area contributed by atoms with Crippen molar-refractivity contribution in [2.45, 2.75) is 52.4 Å².